The summed E-state index contributed by atoms with van der Waals surface area (Å²) in [6, 6.07) is 7.41. The van der Waals surface area contributed by atoms with E-state index in [0.29, 0.717) is 17.9 Å². The molecule has 0 aliphatic rings. The van der Waals surface area contributed by atoms with Crippen LogP contribution in [0.5, 0.6) is 11.5 Å². The highest BCUT2D eigenvalue weighted by atomic mass is 19.1. The third-order valence-corrected chi connectivity index (χ3v) is 3.08. The van der Waals surface area contributed by atoms with E-state index in [9.17, 15) is 13.9 Å². The van der Waals surface area contributed by atoms with Crippen molar-refractivity contribution in [3.8, 4) is 11.5 Å². The molecule has 0 spiro atoms. The van der Waals surface area contributed by atoms with Gasteiger partial charge in [-0.3, -0.25) is 0 Å². The summed E-state index contributed by atoms with van der Waals surface area (Å²) in [5.41, 5.74) is 0.970. The molecule has 0 unspecified atom stereocenters. The first-order chi connectivity index (χ1) is 10.0. The van der Waals surface area contributed by atoms with E-state index in [2.05, 4.69) is 5.32 Å². The van der Waals surface area contributed by atoms with Crippen LogP contribution >= 0.6 is 0 Å². The Hall–Kier alpha value is -2.30. The minimum Gasteiger partial charge on any atom is -0.504 e. The van der Waals surface area contributed by atoms with Gasteiger partial charge in [-0.25, -0.2) is 8.78 Å². The van der Waals surface area contributed by atoms with Crippen LogP contribution in [-0.2, 0) is 6.54 Å². The number of phenols is 1. The average molecular weight is 293 g/mol. The Morgan fingerprint density at radius 2 is 1.95 bits per heavy atom. The van der Waals surface area contributed by atoms with Crippen LogP contribution in [0.15, 0.2) is 30.3 Å². The zero-order valence-electron chi connectivity index (χ0n) is 11.9. The molecule has 2 aromatic rings. The number of phenolic OH excluding ortho intramolecular Hbond substituents is 1. The number of aromatic hydroxyl groups is 1. The Bertz CT molecular complexity index is 644. The molecule has 0 saturated carbocycles. The smallest absolute Gasteiger partial charge is 0.161 e. The highest BCUT2D eigenvalue weighted by Crippen LogP contribution is 2.28. The third kappa shape index (κ3) is 3.42. The van der Waals surface area contributed by atoms with Gasteiger partial charge in [0.1, 0.15) is 11.5 Å². The quantitative estimate of drug-likeness (QED) is 0.876. The minimum atomic E-state index is -0.637. The number of hydrogen-bond donors (Lipinski definition) is 2. The van der Waals surface area contributed by atoms with Crippen LogP contribution in [0.3, 0.4) is 0 Å². The molecule has 21 heavy (non-hydrogen) atoms. The van der Waals surface area contributed by atoms with E-state index < -0.39 is 11.6 Å². The molecule has 0 fully saturated rings. The second-order valence-electron chi connectivity index (χ2n) is 4.64. The van der Waals surface area contributed by atoms with E-state index in [4.69, 9.17) is 4.74 Å². The highest BCUT2D eigenvalue weighted by Gasteiger charge is 2.11. The van der Waals surface area contributed by atoms with Crippen LogP contribution in [-0.4, -0.2) is 11.7 Å². The molecule has 0 aliphatic heterocycles. The normalized spacial score (nSPS) is 10.5. The molecular formula is C16H17F2NO2. The molecule has 112 valence electrons. The van der Waals surface area contributed by atoms with Crippen LogP contribution < -0.4 is 10.1 Å². The van der Waals surface area contributed by atoms with Crippen molar-refractivity contribution in [3.05, 3.63) is 53.1 Å². The van der Waals surface area contributed by atoms with Gasteiger partial charge >= 0.3 is 0 Å². The van der Waals surface area contributed by atoms with Gasteiger partial charge < -0.3 is 15.2 Å². The zero-order valence-corrected chi connectivity index (χ0v) is 11.9. The number of nitrogens with one attached hydrogen (secondary N) is 1. The molecule has 2 rings (SSSR count). The van der Waals surface area contributed by atoms with E-state index in [1.807, 2.05) is 6.92 Å². The van der Waals surface area contributed by atoms with E-state index in [1.54, 1.807) is 19.1 Å². The SMILES string of the molecule is CCOc1cc(CNc2c(F)ccc(C)c2F)ccc1O. The molecule has 0 amide bonds. The number of rotatable bonds is 5. The first-order valence-corrected chi connectivity index (χ1v) is 6.66. The maximum Gasteiger partial charge on any atom is 0.161 e. The van der Waals surface area contributed by atoms with Crippen LogP contribution in [0.2, 0.25) is 0 Å². The first kappa shape index (κ1) is 15.1. The molecule has 0 bridgehead atoms. The number of aryl methyl sites for hydroxylation is 1. The molecule has 0 atom stereocenters. The van der Waals surface area contributed by atoms with Crippen molar-refractivity contribution >= 4 is 5.69 Å². The lowest BCUT2D eigenvalue weighted by Gasteiger charge is -2.12. The molecule has 0 heterocycles. The summed E-state index contributed by atoms with van der Waals surface area (Å²) < 4.78 is 32.8. The van der Waals surface area contributed by atoms with Gasteiger partial charge in [0.05, 0.1) is 6.61 Å². The zero-order chi connectivity index (χ0) is 15.4. The van der Waals surface area contributed by atoms with Crippen molar-refractivity contribution in [1.82, 2.24) is 0 Å². The monoisotopic (exact) mass is 293 g/mol. The summed E-state index contributed by atoms with van der Waals surface area (Å²) >= 11 is 0. The van der Waals surface area contributed by atoms with E-state index in [0.717, 1.165) is 5.56 Å². The summed E-state index contributed by atoms with van der Waals surface area (Å²) in [5.74, 6) is -0.851. The van der Waals surface area contributed by atoms with E-state index in [1.165, 1.54) is 18.2 Å². The van der Waals surface area contributed by atoms with Crippen LogP contribution in [0.25, 0.3) is 0 Å². The molecule has 2 N–H and O–H groups in total. The summed E-state index contributed by atoms with van der Waals surface area (Å²) in [4.78, 5) is 0. The lowest BCUT2D eigenvalue weighted by molar-refractivity contribution is 0.318. The predicted molar refractivity (Wildman–Crippen MR) is 77.7 cm³/mol. The number of anilines is 1. The van der Waals surface area contributed by atoms with Crippen molar-refractivity contribution in [1.29, 1.82) is 0 Å². The molecule has 0 aromatic heterocycles. The van der Waals surface area contributed by atoms with Crippen LogP contribution in [0.4, 0.5) is 14.5 Å². The number of halogens is 2. The molecule has 0 saturated heterocycles. The van der Waals surface area contributed by atoms with Gasteiger partial charge in [-0.2, -0.15) is 0 Å². The standard InChI is InChI=1S/C16H17F2NO2/c1-3-21-14-8-11(5-7-13(14)20)9-19-16-12(17)6-4-10(2)15(16)18/h4-8,19-20H,3,9H2,1-2H3. The lowest BCUT2D eigenvalue weighted by Crippen LogP contribution is -2.05. The molecule has 2 aromatic carbocycles. The second kappa shape index (κ2) is 6.43. The molecular weight excluding hydrogens is 276 g/mol. The molecule has 3 nitrogen and oxygen atoms in total. The summed E-state index contributed by atoms with van der Waals surface area (Å²) in [7, 11) is 0. The van der Waals surface area contributed by atoms with Crippen molar-refractivity contribution in [2.24, 2.45) is 0 Å². The molecule has 5 heteroatoms. The van der Waals surface area contributed by atoms with E-state index in [-0.39, 0.29) is 18.0 Å². The fourth-order valence-electron chi connectivity index (χ4n) is 1.95. The fraction of sp³-hybridized carbons (Fsp3) is 0.250. The van der Waals surface area contributed by atoms with Gasteiger partial charge in [-0.05, 0) is 43.2 Å². The second-order valence-corrected chi connectivity index (χ2v) is 4.64. The van der Waals surface area contributed by atoms with Crippen molar-refractivity contribution in [3.63, 3.8) is 0 Å². The summed E-state index contributed by atoms with van der Waals surface area (Å²) in [6.07, 6.45) is 0. The largest absolute Gasteiger partial charge is 0.504 e. The Labute approximate surface area is 122 Å². The highest BCUT2D eigenvalue weighted by molar-refractivity contribution is 5.50. The Morgan fingerprint density at radius 1 is 1.19 bits per heavy atom. The Balaban J connectivity index is 2.17. The Kier molecular flexibility index (Phi) is 4.62. The van der Waals surface area contributed by atoms with Crippen molar-refractivity contribution in [2.45, 2.75) is 20.4 Å². The topological polar surface area (TPSA) is 41.5 Å². The van der Waals surface area contributed by atoms with Crippen LogP contribution in [0.1, 0.15) is 18.1 Å². The Morgan fingerprint density at radius 3 is 2.67 bits per heavy atom. The van der Waals surface area contributed by atoms with Gasteiger partial charge in [0.25, 0.3) is 0 Å². The van der Waals surface area contributed by atoms with Gasteiger partial charge in [0.2, 0.25) is 0 Å². The summed E-state index contributed by atoms with van der Waals surface area (Å²) in [5, 5.41) is 12.4. The van der Waals surface area contributed by atoms with Crippen LogP contribution in [0, 0.1) is 18.6 Å². The first-order valence-electron chi connectivity index (χ1n) is 6.66. The van der Waals surface area contributed by atoms with Crippen molar-refractivity contribution in [2.75, 3.05) is 11.9 Å². The molecule has 0 radical (unpaired) electrons. The minimum absolute atomic E-state index is 0.0357. The maximum absolute atomic E-state index is 13.9. The van der Waals surface area contributed by atoms with Gasteiger partial charge in [-0.15, -0.1) is 0 Å². The van der Waals surface area contributed by atoms with Gasteiger partial charge in [0.15, 0.2) is 17.3 Å². The van der Waals surface area contributed by atoms with Gasteiger partial charge in [0, 0.05) is 6.54 Å². The average Bonchev–Trinajstić information content (AvgIpc) is 2.46. The summed E-state index contributed by atoms with van der Waals surface area (Å²) in [6.45, 7) is 4.03. The van der Waals surface area contributed by atoms with E-state index >= 15 is 0 Å². The predicted octanol–water partition coefficient (Wildman–Crippen LogP) is 3.99. The number of benzene rings is 2. The lowest BCUT2D eigenvalue weighted by atomic mass is 10.1. The van der Waals surface area contributed by atoms with Gasteiger partial charge in [-0.1, -0.05) is 12.1 Å². The number of ether oxygens (including phenoxy) is 1. The number of hydrogen-bond acceptors (Lipinski definition) is 3. The molecule has 0 aliphatic carbocycles. The van der Waals surface area contributed by atoms with Crippen molar-refractivity contribution < 1.29 is 18.6 Å². The maximum atomic E-state index is 13.9. The fourth-order valence-corrected chi connectivity index (χ4v) is 1.95. The third-order valence-electron chi connectivity index (χ3n) is 3.08.